The quantitative estimate of drug-likeness (QED) is 0.581. The average Bonchev–Trinajstić information content (AvgIpc) is 1.92. The van der Waals surface area contributed by atoms with E-state index >= 15 is 0 Å². The summed E-state index contributed by atoms with van der Waals surface area (Å²) in [7, 11) is 1.50. The van der Waals surface area contributed by atoms with E-state index in [-0.39, 0.29) is 7.33 Å². The highest BCUT2D eigenvalue weighted by molar-refractivity contribution is 5.73. The molecular weight excluding hydrogens is 128 g/mol. The lowest BCUT2D eigenvalue weighted by Crippen LogP contribution is -2.09. The molecule has 0 bridgehead atoms. The summed E-state index contributed by atoms with van der Waals surface area (Å²) in [5, 5.41) is 0. The van der Waals surface area contributed by atoms with Crippen molar-refractivity contribution < 1.29 is 6.22 Å². The van der Waals surface area contributed by atoms with Crippen LogP contribution >= 0.6 is 0 Å². The van der Waals surface area contributed by atoms with Crippen LogP contribution < -0.4 is 11.5 Å². The lowest BCUT2D eigenvalue weighted by molar-refractivity contribution is -0.118. The maximum atomic E-state index is 10.1. The largest absolute Gasteiger partial charge is 0.370 e. The van der Waals surface area contributed by atoms with E-state index in [1.54, 1.807) is 0 Å². The zero-order valence-corrected chi connectivity index (χ0v) is 6.89. The van der Waals surface area contributed by atoms with Crippen LogP contribution in [0.1, 0.15) is 34.0 Å². The second-order valence-electron chi connectivity index (χ2n) is 1.92. The zero-order valence-electron chi connectivity index (χ0n) is 6.89. The van der Waals surface area contributed by atoms with E-state index in [4.69, 9.17) is 5.73 Å². The monoisotopic (exact) mass is 148 g/mol. The summed E-state index contributed by atoms with van der Waals surface area (Å²) in [5.41, 5.74) is 9.39. The van der Waals surface area contributed by atoms with Crippen LogP contribution in [0.4, 0.5) is 0 Å². The van der Waals surface area contributed by atoms with Crippen molar-refractivity contribution >= 4 is 5.91 Å². The number of unbranched alkanes of at least 4 members (excludes halogenated alkanes) is 2. The number of carbonyl (C=O) groups is 1. The van der Waals surface area contributed by atoms with Gasteiger partial charge in [0.15, 0.2) is 0 Å². The molecular formula is C7H20N2O. The first-order valence-electron chi connectivity index (χ1n) is 3.63. The third-order valence-electron chi connectivity index (χ3n) is 1.03. The zero-order chi connectivity index (χ0) is 8.41. The fraction of sp³-hybridized carbons (Fsp3) is 0.857. The number of carbonyl (C=O) groups excluding carboxylic acids is 1. The van der Waals surface area contributed by atoms with E-state index in [0.717, 1.165) is 19.3 Å². The molecule has 4 N–H and O–H groups in total. The van der Waals surface area contributed by atoms with Crippen molar-refractivity contribution in [1.29, 1.82) is 0 Å². The molecule has 0 unspecified atom stereocenters. The highest BCUT2D eigenvalue weighted by atomic mass is 16.1. The Hall–Kier alpha value is -0.570. The fourth-order valence-corrected chi connectivity index (χ4v) is 0.549. The number of hydrogen-bond donors (Lipinski definition) is 2. The molecule has 0 aliphatic heterocycles. The predicted molar refractivity (Wildman–Crippen MR) is 45.6 cm³/mol. The molecule has 0 atom stereocenters. The number of hydrogen-bond acceptors (Lipinski definition) is 2. The highest BCUT2D eigenvalue weighted by Gasteiger charge is 1.90. The smallest absolute Gasteiger partial charge is 0.217 e. The molecule has 0 rings (SSSR count). The molecule has 0 spiro atoms. The first-order chi connectivity index (χ1) is 4.77. The standard InChI is InChI=1S/C6H13NO.CH5N.H2/c1-2-3-4-5-6(7)8;1-2;/h2-5H2,1H3,(H2,7,8);2H2,1H3;1H. The molecule has 0 aromatic carbocycles. The van der Waals surface area contributed by atoms with E-state index in [2.05, 4.69) is 12.7 Å². The maximum absolute atomic E-state index is 10.1. The van der Waals surface area contributed by atoms with Gasteiger partial charge in [0, 0.05) is 7.85 Å². The summed E-state index contributed by atoms with van der Waals surface area (Å²) < 4.78 is 0. The van der Waals surface area contributed by atoms with Gasteiger partial charge in [-0.1, -0.05) is 19.8 Å². The average molecular weight is 148 g/mol. The van der Waals surface area contributed by atoms with Crippen LogP contribution in [0, 0.1) is 0 Å². The lowest BCUT2D eigenvalue weighted by Gasteiger charge is -1.90. The van der Waals surface area contributed by atoms with Crippen molar-refractivity contribution in [2.45, 2.75) is 32.6 Å². The molecule has 64 valence electrons. The number of nitrogens with two attached hydrogens (primary N) is 2. The van der Waals surface area contributed by atoms with Crippen molar-refractivity contribution in [3.8, 4) is 0 Å². The second kappa shape index (κ2) is 11.3. The van der Waals surface area contributed by atoms with Crippen molar-refractivity contribution in [1.82, 2.24) is 0 Å². The highest BCUT2D eigenvalue weighted by Crippen LogP contribution is 1.96. The molecule has 0 aromatic heterocycles. The molecule has 10 heavy (non-hydrogen) atoms. The first kappa shape index (κ1) is 12.1. The van der Waals surface area contributed by atoms with Gasteiger partial charge in [0.25, 0.3) is 0 Å². The molecule has 0 aliphatic rings. The van der Waals surface area contributed by atoms with Crippen LogP contribution in [-0.4, -0.2) is 13.0 Å². The van der Waals surface area contributed by atoms with Gasteiger partial charge in [-0.2, -0.15) is 0 Å². The van der Waals surface area contributed by atoms with Gasteiger partial charge >= 0.3 is 0 Å². The molecule has 0 fully saturated rings. The van der Waals surface area contributed by atoms with Gasteiger partial charge in [0.05, 0.1) is 0 Å². The topological polar surface area (TPSA) is 69.1 Å². The van der Waals surface area contributed by atoms with Crippen molar-refractivity contribution in [2.24, 2.45) is 11.5 Å². The predicted octanol–water partition coefficient (Wildman–Crippen LogP) is 0.873. The van der Waals surface area contributed by atoms with Crippen molar-refractivity contribution in [2.75, 3.05) is 7.05 Å². The molecule has 0 radical (unpaired) electrons. The Morgan fingerprint density at radius 1 is 1.40 bits per heavy atom. The Kier molecular flexibility index (Phi) is 13.7. The summed E-state index contributed by atoms with van der Waals surface area (Å²) in [6, 6.07) is 0. The number of primary amides is 1. The number of amides is 1. The molecule has 0 heterocycles. The molecule has 3 nitrogen and oxygen atoms in total. The van der Waals surface area contributed by atoms with Gasteiger partial charge < -0.3 is 11.5 Å². The minimum Gasteiger partial charge on any atom is -0.370 e. The van der Waals surface area contributed by atoms with Crippen LogP contribution in [-0.2, 0) is 4.79 Å². The van der Waals surface area contributed by atoms with Gasteiger partial charge in [0.1, 0.15) is 0 Å². The van der Waals surface area contributed by atoms with Crippen molar-refractivity contribution in [3.63, 3.8) is 0 Å². The Balaban J connectivity index is -0.000000196. The van der Waals surface area contributed by atoms with E-state index in [9.17, 15) is 4.79 Å². The summed E-state index contributed by atoms with van der Waals surface area (Å²) in [5.74, 6) is -0.182. The minimum atomic E-state index is -0.182. The van der Waals surface area contributed by atoms with Gasteiger partial charge in [-0.3, -0.25) is 4.79 Å². The third kappa shape index (κ3) is 15.7. The molecule has 0 aliphatic carbocycles. The normalized spacial score (nSPS) is 7.90. The Morgan fingerprint density at radius 3 is 2.20 bits per heavy atom. The first-order valence-corrected chi connectivity index (χ1v) is 3.63. The second-order valence-corrected chi connectivity index (χ2v) is 1.92. The van der Waals surface area contributed by atoms with Crippen LogP contribution in [0.5, 0.6) is 0 Å². The Bertz CT molecular complexity index is 78.8. The third-order valence-corrected chi connectivity index (χ3v) is 1.03. The fourth-order valence-electron chi connectivity index (χ4n) is 0.549. The van der Waals surface area contributed by atoms with E-state index in [1.807, 2.05) is 0 Å². The van der Waals surface area contributed by atoms with E-state index in [1.165, 1.54) is 7.05 Å². The summed E-state index contributed by atoms with van der Waals surface area (Å²) in [6.45, 7) is 2.10. The van der Waals surface area contributed by atoms with Gasteiger partial charge in [-0.25, -0.2) is 0 Å². The maximum Gasteiger partial charge on any atom is 0.217 e. The molecule has 0 aromatic rings. The molecule has 3 heteroatoms. The molecule has 1 amide bonds. The summed E-state index contributed by atoms with van der Waals surface area (Å²) >= 11 is 0. The minimum absolute atomic E-state index is 0. The van der Waals surface area contributed by atoms with Crippen molar-refractivity contribution in [3.05, 3.63) is 0 Å². The van der Waals surface area contributed by atoms with Gasteiger partial charge in [-0.15, -0.1) is 0 Å². The number of rotatable bonds is 4. The summed E-state index contributed by atoms with van der Waals surface area (Å²) in [4.78, 5) is 10.1. The van der Waals surface area contributed by atoms with Gasteiger partial charge in [-0.05, 0) is 13.5 Å². The van der Waals surface area contributed by atoms with Crippen LogP contribution in [0.2, 0.25) is 0 Å². The van der Waals surface area contributed by atoms with Crippen LogP contribution in [0.15, 0.2) is 0 Å². The van der Waals surface area contributed by atoms with E-state index in [0.29, 0.717) is 6.42 Å². The van der Waals surface area contributed by atoms with Gasteiger partial charge in [0.2, 0.25) is 5.91 Å². The Morgan fingerprint density at radius 2 is 1.90 bits per heavy atom. The van der Waals surface area contributed by atoms with Crippen LogP contribution in [0.3, 0.4) is 0 Å². The van der Waals surface area contributed by atoms with E-state index < -0.39 is 0 Å². The summed E-state index contributed by atoms with van der Waals surface area (Å²) in [6.07, 6.45) is 3.76. The lowest BCUT2D eigenvalue weighted by atomic mass is 10.2. The Labute approximate surface area is 64.3 Å². The SMILES string of the molecule is CCCCCC(N)=O.CN.[HH]. The molecule has 0 saturated heterocycles. The molecule has 0 saturated carbocycles. The van der Waals surface area contributed by atoms with Crippen LogP contribution in [0.25, 0.3) is 0 Å².